The molecule has 64 valence electrons. The van der Waals surface area contributed by atoms with E-state index in [1.54, 1.807) is 13.8 Å². The van der Waals surface area contributed by atoms with Gasteiger partial charge in [0.15, 0.2) is 5.05 Å². The molecule has 1 unspecified atom stereocenters. The predicted molar refractivity (Wildman–Crippen MR) is 45.4 cm³/mol. The normalized spacial score (nSPS) is 11.9. The highest BCUT2D eigenvalue weighted by Gasteiger charge is 2.19. The van der Waals surface area contributed by atoms with Crippen LogP contribution in [0.15, 0.2) is 0 Å². The molecule has 0 heterocycles. The van der Waals surface area contributed by atoms with E-state index in [0.29, 0.717) is 6.61 Å². The Morgan fingerprint density at radius 2 is 2.18 bits per heavy atom. The summed E-state index contributed by atoms with van der Waals surface area (Å²) in [4.78, 5) is 11.0. The molecule has 0 aromatic carbocycles. The molecule has 0 aliphatic carbocycles. The summed E-state index contributed by atoms with van der Waals surface area (Å²) in [6.45, 7) is 3.78. The maximum Gasteiger partial charge on any atom is 0.317 e. The van der Waals surface area contributed by atoms with E-state index < -0.39 is 5.92 Å². The van der Waals surface area contributed by atoms with E-state index in [1.165, 1.54) is 7.11 Å². The van der Waals surface area contributed by atoms with Gasteiger partial charge in [0.2, 0.25) is 0 Å². The molecule has 0 spiro atoms. The summed E-state index contributed by atoms with van der Waals surface area (Å²) in [7, 11) is 1.44. The number of rotatable bonds is 3. The minimum absolute atomic E-state index is 0.267. The van der Waals surface area contributed by atoms with Crippen molar-refractivity contribution in [2.75, 3.05) is 13.7 Å². The van der Waals surface area contributed by atoms with E-state index >= 15 is 0 Å². The molecule has 0 rings (SSSR count). The molecule has 0 bridgehead atoms. The zero-order valence-electron chi connectivity index (χ0n) is 6.92. The third-order valence-corrected chi connectivity index (χ3v) is 1.72. The minimum atomic E-state index is -0.449. The molecular formula is C7H12O3S. The van der Waals surface area contributed by atoms with Crippen LogP contribution in [0.5, 0.6) is 0 Å². The van der Waals surface area contributed by atoms with Crippen molar-refractivity contribution >= 4 is 23.2 Å². The average molecular weight is 176 g/mol. The summed E-state index contributed by atoms with van der Waals surface area (Å²) in [5.41, 5.74) is 0. The van der Waals surface area contributed by atoms with Gasteiger partial charge in [-0.1, -0.05) is 0 Å². The van der Waals surface area contributed by atoms with Gasteiger partial charge < -0.3 is 9.47 Å². The number of esters is 1. The van der Waals surface area contributed by atoms with Crippen LogP contribution in [-0.2, 0) is 14.3 Å². The molecule has 0 saturated carbocycles. The Labute approximate surface area is 71.7 Å². The van der Waals surface area contributed by atoms with Crippen molar-refractivity contribution < 1.29 is 14.3 Å². The molecule has 3 nitrogen and oxygen atoms in total. The van der Waals surface area contributed by atoms with Gasteiger partial charge in [0, 0.05) is 0 Å². The van der Waals surface area contributed by atoms with E-state index in [-0.39, 0.29) is 11.0 Å². The first-order valence-electron chi connectivity index (χ1n) is 3.38. The number of hydrogen-bond acceptors (Lipinski definition) is 4. The summed E-state index contributed by atoms with van der Waals surface area (Å²) in [5.74, 6) is -0.783. The first kappa shape index (κ1) is 10.4. The highest BCUT2D eigenvalue weighted by molar-refractivity contribution is 7.80. The third kappa shape index (κ3) is 3.32. The molecule has 11 heavy (non-hydrogen) atoms. The van der Waals surface area contributed by atoms with Gasteiger partial charge in [-0.2, -0.15) is 0 Å². The van der Waals surface area contributed by atoms with Crippen molar-refractivity contribution in [3.8, 4) is 0 Å². The van der Waals surface area contributed by atoms with Crippen LogP contribution >= 0.6 is 12.2 Å². The summed E-state index contributed by atoms with van der Waals surface area (Å²) >= 11 is 4.75. The number of carbonyl (C=O) groups excluding carboxylic acids is 1. The van der Waals surface area contributed by atoms with Crippen molar-refractivity contribution in [3.63, 3.8) is 0 Å². The van der Waals surface area contributed by atoms with Crippen molar-refractivity contribution in [1.82, 2.24) is 0 Å². The van der Waals surface area contributed by atoms with Gasteiger partial charge in [-0.05, 0) is 26.1 Å². The smallest absolute Gasteiger partial charge is 0.317 e. The SMILES string of the molecule is CCOC(=O)C(C)C(=S)OC. The van der Waals surface area contributed by atoms with Gasteiger partial charge in [-0.3, -0.25) is 4.79 Å². The lowest BCUT2D eigenvalue weighted by molar-refractivity contribution is -0.145. The molecule has 0 amide bonds. The van der Waals surface area contributed by atoms with Gasteiger partial charge >= 0.3 is 5.97 Å². The molecule has 4 heteroatoms. The largest absolute Gasteiger partial charge is 0.489 e. The number of ether oxygens (including phenoxy) is 2. The van der Waals surface area contributed by atoms with Crippen LogP contribution in [0, 0.1) is 5.92 Å². The summed E-state index contributed by atoms with van der Waals surface area (Å²) < 4.78 is 9.43. The highest BCUT2D eigenvalue weighted by Crippen LogP contribution is 2.02. The minimum Gasteiger partial charge on any atom is -0.489 e. The summed E-state index contributed by atoms with van der Waals surface area (Å²) in [6, 6.07) is 0. The first-order valence-corrected chi connectivity index (χ1v) is 3.78. The molecule has 0 aliphatic rings. The number of carbonyl (C=O) groups is 1. The quantitative estimate of drug-likeness (QED) is 0.477. The second kappa shape index (κ2) is 5.07. The molecule has 0 aliphatic heterocycles. The Kier molecular flexibility index (Phi) is 4.77. The monoisotopic (exact) mass is 176 g/mol. The molecule has 0 aromatic rings. The lowest BCUT2D eigenvalue weighted by Crippen LogP contribution is -2.22. The first-order chi connectivity index (χ1) is 5.13. The fraction of sp³-hybridized carbons (Fsp3) is 0.714. The van der Waals surface area contributed by atoms with Gasteiger partial charge in [0.1, 0.15) is 5.92 Å². The lowest BCUT2D eigenvalue weighted by Gasteiger charge is -2.09. The van der Waals surface area contributed by atoms with Crippen LogP contribution < -0.4 is 0 Å². The second-order valence-corrected chi connectivity index (χ2v) is 2.40. The van der Waals surface area contributed by atoms with Crippen molar-refractivity contribution in [3.05, 3.63) is 0 Å². The van der Waals surface area contributed by atoms with Gasteiger partial charge in [0.25, 0.3) is 0 Å². The van der Waals surface area contributed by atoms with E-state index in [1.807, 2.05) is 0 Å². The van der Waals surface area contributed by atoms with E-state index in [4.69, 9.17) is 21.7 Å². The molecule has 0 saturated heterocycles. The Morgan fingerprint density at radius 1 is 1.64 bits per heavy atom. The van der Waals surface area contributed by atoms with Gasteiger partial charge in [-0.25, -0.2) is 0 Å². The van der Waals surface area contributed by atoms with Gasteiger partial charge in [0.05, 0.1) is 13.7 Å². The van der Waals surface area contributed by atoms with E-state index in [2.05, 4.69) is 0 Å². The Hall–Kier alpha value is -0.640. The summed E-state index contributed by atoms with van der Waals surface area (Å²) in [5, 5.41) is 0.267. The van der Waals surface area contributed by atoms with E-state index in [0.717, 1.165) is 0 Å². The third-order valence-electron chi connectivity index (χ3n) is 1.19. The van der Waals surface area contributed by atoms with Crippen molar-refractivity contribution in [2.24, 2.45) is 5.92 Å². The zero-order valence-corrected chi connectivity index (χ0v) is 7.73. The molecule has 0 fully saturated rings. The molecular weight excluding hydrogens is 164 g/mol. The number of methoxy groups -OCH3 is 1. The van der Waals surface area contributed by atoms with Crippen LogP contribution in [0.3, 0.4) is 0 Å². The van der Waals surface area contributed by atoms with Crippen LogP contribution in [0.1, 0.15) is 13.8 Å². The van der Waals surface area contributed by atoms with Crippen LogP contribution in [0.2, 0.25) is 0 Å². The topological polar surface area (TPSA) is 35.5 Å². The Morgan fingerprint density at radius 3 is 2.55 bits per heavy atom. The highest BCUT2D eigenvalue weighted by atomic mass is 32.1. The fourth-order valence-electron chi connectivity index (χ4n) is 0.540. The lowest BCUT2D eigenvalue weighted by atomic mass is 10.2. The maximum atomic E-state index is 11.0. The maximum absolute atomic E-state index is 11.0. The number of hydrogen-bond donors (Lipinski definition) is 0. The Bertz CT molecular complexity index is 156. The summed E-state index contributed by atoms with van der Waals surface area (Å²) in [6.07, 6.45) is 0. The Balaban J connectivity index is 3.91. The molecule has 0 radical (unpaired) electrons. The molecule has 0 N–H and O–H groups in total. The van der Waals surface area contributed by atoms with Gasteiger partial charge in [-0.15, -0.1) is 0 Å². The number of thiocarbonyl (C=S) groups is 1. The van der Waals surface area contributed by atoms with Crippen LogP contribution in [0.4, 0.5) is 0 Å². The molecule has 1 atom stereocenters. The fourth-order valence-corrected chi connectivity index (χ4v) is 0.636. The van der Waals surface area contributed by atoms with E-state index in [9.17, 15) is 4.79 Å². The molecule has 0 aromatic heterocycles. The van der Waals surface area contributed by atoms with Crippen molar-refractivity contribution in [2.45, 2.75) is 13.8 Å². The zero-order chi connectivity index (χ0) is 8.85. The standard InChI is InChI=1S/C7H12O3S/c1-4-10-6(8)5(2)7(11)9-3/h5H,4H2,1-3H3. The predicted octanol–water partition coefficient (Wildman–Crippen LogP) is 1.16. The second-order valence-electron chi connectivity index (χ2n) is 2.00. The van der Waals surface area contributed by atoms with Crippen molar-refractivity contribution in [1.29, 1.82) is 0 Å². The van der Waals surface area contributed by atoms with Crippen LogP contribution in [0.25, 0.3) is 0 Å². The average Bonchev–Trinajstić information content (AvgIpc) is 2.02. The van der Waals surface area contributed by atoms with Crippen LogP contribution in [-0.4, -0.2) is 24.7 Å².